The molecule has 1 saturated carbocycles. The van der Waals surface area contributed by atoms with Crippen LogP contribution < -0.4 is 5.32 Å². The van der Waals surface area contributed by atoms with Gasteiger partial charge in [0.25, 0.3) is 0 Å². The van der Waals surface area contributed by atoms with Crippen molar-refractivity contribution in [3.8, 4) is 0 Å². The first-order chi connectivity index (χ1) is 8.86. The molecule has 0 bridgehead atoms. The Morgan fingerprint density at radius 3 is 2.37 bits per heavy atom. The van der Waals surface area contributed by atoms with Crippen molar-refractivity contribution in [3.63, 3.8) is 0 Å². The second-order valence-electron chi connectivity index (χ2n) is 4.81. The van der Waals surface area contributed by atoms with Crippen LogP contribution in [0.3, 0.4) is 0 Å². The second-order valence-corrected chi connectivity index (χ2v) is 5.22. The number of halogens is 4. The van der Waals surface area contributed by atoms with Gasteiger partial charge in [-0.05, 0) is 43.9 Å². The molecule has 0 amide bonds. The summed E-state index contributed by atoms with van der Waals surface area (Å²) >= 11 is 5.55. The fourth-order valence-corrected chi connectivity index (χ4v) is 2.50. The Morgan fingerprint density at radius 1 is 1.16 bits per heavy atom. The Labute approximate surface area is 114 Å². The molecule has 1 aromatic rings. The molecule has 2 nitrogen and oxygen atoms in total. The molecule has 0 aromatic heterocycles. The zero-order chi connectivity index (χ0) is 14.0. The molecule has 0 heterocycles. The summed E-state index contributed by atoms with van der Waals surface area (Å²) in [6, 6.07) is 3.85. The lowest BCUT2D eigenvalue weighted by molar-refractivity contribution is -0.137. The highest BCUT2D eigenvalue weighted by Crippen LogP contribution is 2.36. The number of hydrogen-bond donors (Lipinski definition) is 1. The van der Waals surface area contributed by atoms with Gasteiger partial charge in [0, 0.05) is 11.7 Å². The summed E-state index contributed by atoms with van der Waals surface area (Å²) in [4.78, 5) is 0. The van der Waals surface area contributed by atoms with E-state index in [0.29, 0.717) is 31.4 Å². The molecule has 6 heteroatoms. The predicted molar refractivity (Wildman–Crippen MR) is 66.8 cm³/mol. The van der Waals surface area contributed by atoms with Gasteiger partial charge in [0.2, 0.25) is 0 Å². The molecular weight excluding hydrogens is 279 g/mol. The third-order valence-corrected chi connectivity index (χ3v) is 3.65. The highest BCUT2D eigenvalue weighted by atomic mass is 35.5. The predicted octanol–water partition coefficient (Wildman–Crippen LogP) is 4.51. The highest BCUT2D eigenvalue weighted by Gasteiger charge is 2.33. The molecule has 0 aliphatic heterocycles. The third-order valence-electron chi connectivity index (χ3n) is 3.32. The molecule has 0 unspecified atom stereocenters. The summed E-state index contributed by atoms with van der Waals surface area (Å²) in [6.07, 6.45) is -2.47. The first-order valence-electron chi connectivity index (χ1n) is 6.15. The maximum absolute atomic E-state index is 12.7. The van der Waals surface area contributed by atoms with Crippen LogP contribution in [0.1, 0.15) is 31.2 Å². The topological polar surface area (TPSA) is 31.9 Å². The first-order valence-corrected chi connectivity index (χ1v) is 6.53. The van der Waals surface area contributed by atoms with Gasteiger partial charge in [0.15, 0.2) is 0 Å². The maximum Gasteiger partial charge on any atom is 0.417 e. The van der Waals surface area contributed by atoms with Gasteiger partial charge in [-0.25, -0.2) is 5.11 Å². The van der Waals surface area contributed by atoms with Crippen molar-refractivity contribution in [3.05, 3.63) is 28.8 Å². The molecule has 1 aliphatic rings. The molecule has 105 valence electrons. The van der Waals surface area contributed by atoms with Crippen LogP contribution in [0.5, 0.6) is 0 Å². The smallest absolute Gasteiger partial charge is 0.382 e. The lowest BCUT2D eigenvalue weighted by Gasteiger charge is -2.26. The molecular formula is C13H14ClF3NO. The Balaban J connectivity index is 2.09. The number of benzene rings is 1. The van der Waals surface area contributed by atoms with Gasteiger partial charge >= 0.3 is 6.18 Å². The van der Waals surface area contributed by atoms with E-state index in [1.165, 1.54) is 12.1 Å². The summed E-state index contributed by atoms with van der Waals surface area (Å²) in [5.74, 6) is 0. The van der Waals surface area contributed by atoms with Crippen molar-refractivity contribution < 1.29 is 18.3 Å². The highest BCUT2D eigenvalue weighted by molar-refractivity contribution is 6.31. The molecule has 1 N–H and O–H groups in total. The summed E-state index contributed by atoms with van der Waals surface area (Å²) < 4.78 is 38.1. The van der Waals surface area contributed by atoms with Gasteiger partial charge in [0.05, 0.1) is 16.7 Å². The second kappa shape index (κ2) is 5.59. The lowest BCUT2D eigenvalue weighted by Crippen LogP contribution is -2.27. The summed E-state index contributed by atoms with van der Waals surface area (Å²) in [6.45, 7) is 0. The normalized spacial score (nSPS) is 24.3. The number of anilines is 1. The van der Waals surface area contributed by atoms with E-state index in [4.69, 9.17) is 11.6 Å². The van der Waals surface area contributed by atoms with Crippen molar-refractivity contribution in [1.82, 2.24) is 0 Å². The van der Waals surface area contributed by atoms with E-state index in [2.05, 4.69) is 5.32 Å². The van der Waals surface area contributed by atoms with Gasteiger partial charge in [-0.2, -0.15) is 13.2 Å². The van der Waals surface area contributed by atoms with Crippen LogP contribution in [0.15, 0.2) is 18.2 Å². The number of nitrogens with one attached hydrogen (secondary N) is 1. The molecule has 2 rings (SSSR count). The van der Waals surface area contributed by atoms with E-state index in [1.54, 1.807) is 0 Å². The zero-order valence-electron chi connectivity index (χ0n) is 10.1. The van der Waals surface area contributed by atoms with Crippen LogP contribution in [-0.4, -0.2) is 12.1 Å². The van der Waals surface area contributed by atoms with E-state index in [1.807, 2.05) is 0 Å². The molecule has 19 heavy (non-hydrogen) atoms. The van der Waals surface area contributed by atoms with Crippen LogP contribution in [0.4, 0.5) is 18.9 Å². The Bertz CT molecular complexity index is 442. The average Bonchev–Trinajstić information content (AvgIpc) is 2.33. The van der Waals surface area contributed by atoms with Crippen LogP contribution in [-0.2, 0) is 11.3 Å². The minimum absolute atomic E-state index is 0.0625. The van der Waals surface area contributed by atoms with Gasteiger partial charge in [-0.15, -0.1) is 0 Å². The number of hydrogen-bond acceptors (Lipinski definition) is 1. The summed E-state index contributed by atoms with van der Waals surface area (Å²) in [7, 11) is 0. The molecule has 0 saturated heterocycles. The SMILES string of the molecule is [O][C@H]1CC[C@H](Nc2ccc(Cl)c(C(F)(F)F)c2)CC1. The van der Waals surface area contributed by atoms with Crippen LogP contribution in [0.25, 0.3) is 0 Å². The van der Waals surface area contributed by atoms with E-state index in [9.17, 15) is 18.3 Å². The van der Waals surface area contributed by atoms with Crippen LogP contribution >= 0.6 is 11.6 Å². The molecule has 1 fully saturated rings. The van der Waals surface area contributed by atoms with Crippen LogP contribution in [0, 0.1) is 0 Å². The van der Waals surface area contributed by atoms with Gasteiger partial charge in [0.1, 0.15) is 0 Å². The minimum atomic E-state index is -4.46. The fourth-order valence-electron chi connectivity index (χ4n) is 2.28. The van der Waals surface area contributed by atoms with E-state index >= 15 is 0 Å². The van der Waals surface area contributed by atoms with Gasteiger partial charge in [-0.1, -0.05) is 11.6 Å². The van der Waals surface area contributed by atoms with E-state index in [-0.39, 0.29) is 11.1 Å². The molecule has 0 spiro atoms. The van der Waals surface area contributed by atoms with Gasteiger partial charge < -0.3 is 5.32 Å². The standard InChI is InChI=1S/C13H14ClF3NO/c14-12-6-3-9(7-11(12)13(15,16)17)18-8-1-4-10(19)5-2-8/h3,6-8,10,18H,1-2,4-5H2/t8-,10-. The molecule has 1 radical (unpaired) electrons. The van der Waals surface area contributed by atoms with Crippen molar-refractivity contribution in [2.45, 2.75) is 44.0 Å². The summed E-state index contributed by atoms with van der Waals surface area (Å²) in [5.41, 5.74) is -0.442. The summed E-state index contributed by atoms with van der Waals surface area (Å²) in [5, 5.41) is 13.9. The van der Waals surface area contributed by atoms with Crippen molar-refractivity contribution in [2.75, 3.05) is 5.32 Å². The van der Waals surface area contributed by atoms with E-state index < -0.39 is 17.8 Å². The van der Waals surface area contributed by atoms with Crippen molar-refractivity contribution in [2.24, 2.45) is 0 Å². The zero-order valence-corrected chi connectivity index (χ0v) is 10.9. The third kappa shape index (κ3) is 3.76. The van der Waals surface area contributed by atoms with Crippen molar-refractivity contribution in [1.29, 1.82) is 0 Å². The molecule has 1 aliphatic carbocycles. The first kappa shape index (κ1) is 14.5. The fraction of sp³-hybridized carbons (Fsp3) is 0.538. The Morgan fingerprint density at radius 2 is 1.79 bits per heavy atom. The molecule has 0 atom stereocenters. The monoisotopic (exact) mass is 292 g/mol. The van der Waals surface area contributed by atoms with Crippen LogP contribution in [0.2, 0.25) is 5.02 Å². The average molecular weight is 293 g/mol. The van der Waals surface area contributed by atoms with Crippen molar-refractivity contribution >= 4 is 17.3 Å². The number of rotatable bonds is 2. The lowest BCUT2D eigenvalue weighted by atomic mass is 9.93. The van der Waals surface area contributed by atoms with E-state index in [0.717, 1.165) is 6.07 Å². The minimum Gasteiger partial charge on any atom is -0.382 e. The number of alkyl halides is 3. The maximum atomic E-state index is 12.7. The molecule has 1 aromatic carbocycles. The largest absolute Gasteiger partial charge is 0.417 e. The Hall–Kier alpha value is -0.940. The Kier molecular flexibility index (Phi) is 4.26. The van der Waals surface area contributed by atoms with Gasteiger partial charge in [-0.3, -0.25) is 0 Å². The quantitative estimate of drug-likeness (QED) is 0.854.